The summed E-state index contributed by atoms with van der Waals surface area (Å²) in [7, 11) is 0. The van der Waals surface area contributed by atoms with Gasteiger partial charge in [0.05, 0.1) is 16.1 Å². The van der Waals surface area contributed by atoms with E-state index in [1.807, 2.05) is 0 Å². The molecule has 0 saturated carbocycles. The molecule has 2 aliphatic rings. The third kappa shape index (κ3) is 3.73. The van der Waals surface area contributed by atoms with E-state index < -0.39 is 4.92 Å². The normalized spacial score (nSPS) is 20.5. The van der Waals surface area contributed by atoms with E-state index in [2.05, 4.69) is 11.8 Å². The number of carbonyl (C=O) groups excluding carboxylic acids is 1. The van der Waals surface area contributed by atoms with Crippen molar-refractivity contribution in [1.82, 2.24) is 4.90 Å². The Bertz CT molecular complexity index is 997. The molecule has 150 valence electrons. The molecule has 1 atom stereocenters. The zero-order valence-electron chi connectivity index (χ0n) is 16.1. The van der Waals surface area contributed by atoms with Gasteiger partial charge in [-0.2, -0.15) is 0 Å². The van der Waals surface area contributed by atoms with Crippen molar-refractivity contribution >= 4 is 17.5 Å². The van der Waals surface area contributed by atoms with Gasteiger partial charge < -0.3 is 9.84 Å². The third-order valence-corrected chi connectivity index (χ3v) is 5.62. The molecular formula is C22H22N2O5. The molecule has 0 aromatic heterocycles. The van der Waals surface area contributed by atoms with Crippen LogP contribution in [0.25, 0.3) is 6.08 Å². The van der Waals surface area contributed by atoms with Gasteiger partial charge in [-0.25, -0.2) is 0 Å². The summed E-state index contributed by atoms with van der Waals surface area (Å²) in [5.41, 5.74) is 1.66. The Morgan fingerprint density at radius 1 is 1.24 bits per heavy atom. The quantitative estimate of drug-likeness (QED) is 0.472. The molecule has 2 heterocycles. The summed E-state index contributed by atoms with van der Waals surface area (Å²) in [6.45, 7) is 3.64. The average molecular weight is 394 g/mol. The van der Waals surface area contributed by atoms with Crippen LogP contribution in [0, 0.1) is 10.1 Å². The number of ketones is 1. The molecule has 1 unspecified atom stereocenters. The molecule has 4 rings (SSSR count). The Morgan fingerprint density at radius 2 is 2.00 bits per heavy atom. The second kappa shape index (κ2) is 7.67. The molecule has 0 spiro atoms. The van der Waals surface area contributed by atoms with E-state index in [0.717, 1.165) is 19.4 Å². The minimum atomic E-state index is -0.472. The number of hydrogen-bond donors (Lipinski definition) is 1. The number of aromatic hydroxyl groups is 1. The Labute approximate surface area is 168 Å². The molecule has 29 heavy (non-hydrogen) atoms. The van der Waals surface area contributed by atoms with E-state index >= 15 is 0 Å². The zero-order valence-corrected chi connectivity index (χ0v) is 16.1. The van der Waals surface area contributed by atoms with Gasteiger partial charge in [0.15, 0.2) is 5.76 Å². The highest BCUT2D eigenvalue weighted by molar-refractivity contribution is 6.15. The lowest BCUT2D eigenvalue weighted by molar-refractivity contribution is -0.384. The van der Waals surface area contributed by atoms with Crippen LogP contribution in [0.4, 0.5) is 5.69 Å². The number of rotatable bonds is 4. The monoisotopic (exact) mass is 394 g/mol. The van der Waals surface area contributed by atoms with Crippen LogP contribution in [0.3, 0.4) is 0 Å². The second-order valence-electron chi connectivity index (χ2n) is 7.54. The van der Waals surface area contributed by atoms with Crippen molar-refractivity contribution in [2.45, 2.75) is 38.8 Å². The minimum Gasteiger partial charge on any atom is -0.507 e. The molecular weight excluding hydrogens is 372 g/mol. The molecule has 0 radical (unpaired) electrons. The summed E-state index contributed by atoms with van der Waals surface area (Å²) in [5, 5.41) is 21.2. The number of allylic oxidation sites excluding steroid dienone is 1. The molecule has 0 aliphatic carbocycles. The maximum absolute atomic E-state index is 12.8. The van der Waals surface area contributed by atoms with Crippen molar-refractivity contribution in [3.05, 3.63) is 69.0 Å². The van der Waals surface area contributed by atoms with Crippen LogP contribution in [0.15, 0.2) is 42.2 Å². The lowest BCUT2D eigenvalue weighted by Gasteiger charge is -2.33. The van der Waals surface area contributed by atoms with E-state index in [1.54, 1.807) is 30.3 Å². The number of non-ortho nitro benzene ring substituents is 1. The number of ether oxygens (including phenoxy) is 1. The maximum atomic E-state index is 12.8. The standard InChI is InChI=1S/C22H22N2O5/c1-14-4-2-3-11-23(14)13-18-19(25)10-9-17-21(26)20(29-22(17)18)12-15-5-7-16(8-6-15)24(27)28/h5-10,12,14,25H,2-4,11,13H2,1H3/b20-12-. The van der Waals surface area contributed by atoms with Gasteiger partial charge >= 0.3 is 0 Å². The highest BCUT2D eigenvalue weighted by Crippen LogP contribution is 2.40. The fourth-order valence-corrected chi connectivity index (χ4v) is 3.89. The SMILES string of the molecule is CC1CCCCN1Cc1c(O)ccc2c1O/C(=C\c1ccc([N+](=O)[O-])cc1)C2=O. The molecule has 0 bridgehead atoms. The second-order valence-corrected chi connectivity index (χ2v) is 7.54. The Balaban J connectivity index is 1.63. The number of hydrogen-bond acceptors (Lipinski definition) is 6. The van der Waals surface area contributed by atoms with E-state index in [-0.39, 0.29) is 23.0 Å². The fraction of sp³-hybridized carbons (Fsp3) is 0.318. The van der Waals surface area contributed by atoms with Crippen LogP contribution < -0.4 is 4.74 Å². The molecule has 7 heteroatoms. The largest absolute Gasteiger partial charge is 0.507 e. The smallest absolute Gasteiger partial charge is 0.269 e. The number of Topliss-reactive ketones (excluding diaryl/α,β-unsaturated/α-hetero) is 1. The van der Waals surface area contributed by atoms with Crippen LogP contribution in [0.5, 0.6) is 11.5 Å². The van der Waals surface area contributed by atoms with Crippen molar-refractivity contribution in [2.24, 2.45) is 0 Å². The van der Waals surface area contributed by atoms with Crippen molar-refractivity contribution in [1.29, 1.82) is 0 Å². The highest BCUT2D eigenvalue weighted by Gasteiger charge is 2.32. The maximum Gasteiger partial charge on any atom is 0.269 e. The van der Waals surface area contributed by atoms with Crippen molar-refractivity contribution in [2.75, 3.05) is 6.54 Å². The van der Waals surface area contributed by atoms with Crippen LogP contribution in [0.1, 0.15) is 47.7 Å². The number of benzene rings is 2. The number of nitro groups is 1. The van der Waals surface area contributed by atoms with Crippen molar-refractivity contribution in [3.63, 3.8) is 0 Å². The van der Waals surface area contributed by atoms with Crippen molar-refractivity contribution in [3.8, 4) is 11.5 Å². The van der Waals surface area contributed by atoms with E-state index in [0.29, 0.717) is 35.0 Å². The number of fused-ring (bicyclic) bond motifs is 1. The number of nitro benzene ring substituents is 1. The summed E-state index contributed by atoms with van der Waals surface area (Å²) >= 11 is 0. The molecule has 0 amide bonds. The van der Waals surface area contributed by atoms with Gasteiger partial charge in [0.2, 0.25) is 5.78 Å². The Morgan fingerprint density at radius 3 is 2.69 bits per heavy atom. The summed E-state index contributed by atoms with van der Waals surface area (Å²) < 4.78 is 5.88. The first-order chi connectivity index (χ1) is 13.9. The number of likely N-dealkylation sites (tertiary alicyclic amines) is 1. The summed E-state index contributed by atoms with van der Waals surface area (Å²) in [6.07, 6.45) is 5.00. The van der Waals surface area contributed by atoms with Crippen molar-refractivity contribution < 1.29 is 19.6 Å². The molecule has 1 N–H and O–H groups in total. The van der Waals surface area contributed by atoms with Gasteiger partial charge in [0.25, 0.3) is 5.69 Å². The van der Waals surface area contributed by atoms with Gasteiger partial charge in [-0.3, -0.25) is 19.8 Å². The number of piperidine rings is 1. The van der Waals surface area contributed by atoms with Gasteiger partial charge in [0.1, 0.15) is 11.5 Å². The minimum absolute atomic E-state index is 0.0167. The Hall–Kier alpha value is -3.19. The number of phenolic OH excluding ortho intramolecular Hbond substituents is 1. The predicted molar refractivity (Wildman–Crippen MR) is 108 cm³/mol. The zero-order chi connectivity index (χ0) is 20.5. The number of phenols is 1. The van der Waals surface area contributed by atoms with Gasteiger partial charge in [-0.15, -0.1) is 0 Å². The Kier molecular flexibility index (Phi) is 5.07. The number of nitrogens with zero attached hydrogens (tertiary/aromatic N) is 2. The molecule has 1 fully saturated rings. The van der Waals surface area contributed by atoms with Gasteiger partial charge in [-0.05, 0) is 62.2 Å². The van der Waals surface area contributed by atoms with Crippen LogP contribution in [0.2, 0.25) is 0 Å². The first-order valence-corrected chi connectivity index (χ1v) is 9.71. The van der Waals surface area contributed by atoms with E-state index in [1.165, 1.54) is 18.6 Å². The lowest BCUT2D eigenvalue weighted by atomic mass is 10.0. The molecule has 2 aromatic carbocycles. The van der Waals surface area contributed by atoms with Crippen LogP contribution >= 0.6 is 0 Å². The first kappa shape index (κ1) is 19.1. The summed E-state index contributed by atoms with van der Waals surface area (Å²) in [4.78, 5) is 25.4. The molecule has 1 saturated heterocycles. The summed E-state index contributed by atoms with van der Waals surface area (Å²) in [5.74, 6) is 0.408. The topological polar surface area (TPSA) is 92.9 Å². The average Bonchev–Trinajstić information content (AvgIpc) is 3.02. The number of carbonyl (C=O) groups is 1. The van der Waals surface area contributed by atoms with Crippen LogP contribution in [-0.4, -0.2) is 33.3 Å². The van der Waals surface area contributed by atoms with E-state index in [9.17, 15) is 20.0 Å². The summed E-state index contributed by atoms with van der Waals surface area (Å²) in [6, 6.07) is 9.43. The fourth-order valence-electron chi connectivity index (χ4n) is 3.89. The van der Waals surface area contributed by atoms with E-state index in [4.69, 9.17) is 4.74 Å². The lowest BCUT2D eigenvalue weighted by Crippen LogP contribution is -2.36. The predicted octanol–water partition coefficient (Wildman–Crippen LogP) is 4.29. The van der Waals surface area contributed by atoms with Gasteiger partial charge in [-0.1, -0.05) is 6.42 Å². The molecule has 7 nitrogen and oxygen atoms in total. The third-order valence-electron chi connectivity index (χ3n) is 5.62. The first-order valence-electron chi connectivity index (χ1n) is 9.71. The molecule has 2 aliphatic heterocycles. The van der Waals surface area contributed by atoms with Crippen LogP contribution in [-0.2, 0) is 6.54 Å². The molecule has 2 aromatic rings. The van der Waals surface area contributed by atoms with Gasteiger partial charge in [0, 0.05) is 24.7 Å². The highest BCUT2D eigenvalue weighted by atomic mass is 16.6.